The molecule has 4 unspecified atom stereocenters. The molecule has 2 saturated carbocycles. The van der Waals surface area contributed by atoms with Crippen molar-refractivity contribution in [2.75, 3.05) is 13.1 Å². The van der Waals surface area contributed by atoms with E-state index in [1.54, 1.807) is 0 Å². The van der Waals surface area contributed by atoms with Crippen LogP contribution in [0.5, 0.6) is 0 Å². The Labute approximate surface area is 105 Å². The molecule has 2 fully saturated rings. The highest BCUT2D eigenvalue weighted by Crippen LogP contribution is 2.26. The van der Waals surface area contributed by atoms with Gasteiger partial charge < -0.3 is 16.2 Å². The first-order chi connectivity index (χ1) is 8.31. The van der Waals surface area contributed by atoms with E-state index >= 15 is 0 Å². The number of aliphatic hydroxyl groups is 1. The molecule has 2 rings (SSSR count). The number of aliphatic hydroxyl groups excluding tert-OH is 1. The van der Waals surface area contributed by atoms with E-state index in [1.165, 1.54) is 44.9 Å². The maximum atomic E-state index is 9.96. The Morgan fingerprint density at radius 2 is 1.59 bits per heavy atom. The molecule has 3 heteroatoms. The molecular weight excluding hydrogens is 212 g/mol. The Balaban J connectivity index is 1.75. The molecule has 2 aliphatic carbocycles. The third kappa shape index (κ3) is 3.67. The van der Waals surface area contributed by atoms with Crippen molar-refractivity contribution in [2.24, 2.45) is 17.6 Å². The van der Waals surface area contributed by atoms with Crippen LogP contribution in [0.4, 0.5) is 0 Å². The smallest absolute Gasteiger partial charge is 0.0580 e. The first kappa shape index (κ1) is 13.3. The van der Waals surface area contributed by atoms with Gasteiger partial charge in [0.25, 0.3) is 0 Å². The fraction of sp³-hybridized carbons (Fsp3) is 1.00. The summed E-state index contributed by atoms with van der Waals surface area (Å²) in [6.45, 7) is 1.80. The Bertz CT molecular complexity index is 222. The summed E-state index contributed by atoms with van der Waals surface area (Å²) in [5.74, 6) is 1.13. The first-order valence-electron chi connectivity index (χ1n) is 7.42. The minimum atomic E-state index is -0.0730. The summed E-state index contributed by atoms with van der Waals surface area (Å²) in [4.78, 5) is 0. The maximum absolute atomic E-state index is 9.96. The summed E-state index contributed by atoms with van der Waals surface area (Å²) in [6, 6.07) is 0.600. The highest BCUT2D eigenvalue weighted by molar-refractivity contribution is 4.84. The SMILES string of the molecule is NCC1CCCCC1NCC1CCCCC1O. The Hall–Kier alpha value is -0.120. The Kier molecular flexibility index (Phi) is 5.26. The molecule has 0 saturated heterocycles. The number of rotatable bonds is 4. The van der Waals surface area contributed by atoms with Crippen LogP contribution in [0.2, 0.25) is 0 Å². The lowest BCUT2D eigenvalue weighted by Crippen LogP contribution is -2.45. The zero-order valence-electron chi connectivity index (χ0n) is 10.9. The zero-order valence-corrected chi connectivity index (χ0v) is 10.9. The number of hydrogen-bond donors (Lipinski definition) is 3. The molecule has 17 heavy (non-hydrogen) atoms. The van der Waals surface area contributed by atoms with Crippen molar-refractivity contribution in [3.63, 3.8) is 0 Å². The summed E-state index contributed by atoms with van der Waals surface area (Å²) in [7, 11) is 0. The quantitative estimate of drug-likeness (QED) is 0.700. The van der Waals surface area contributed by atoms with E-state index in [1.807, 2.05) is 0 Å². The second-order valence-corrected chi connectivity index (χ2v) is 5.91. The zero-order chi connectivity index (χ0) is 12.1. The lowest BCUT2D eigenvalue weighted by Gasteiger charge is -2.34. The summed E-state index contributed by atoms with van der Waals surface area (Å²) >= 11 is 0. The molecule has 0 aliphatic heterocycles. The molecule has 0 aromatic heterocycles. The fourth-order valence-corrected chi connectivity index (χ4v) is 3.49. The summed E-state index contributed by atoms with van der Waals surface area (Å²) in [6.07, 6.45) is 9.82. The van der Waals surface area contributed by atoms with Gasteiger partial charge in [-0.1, -0.05) is 25.7 Å². The molecule has 0 bridgehead atoms. The second-order valence-electron chi connectivity index (χ2n) is 5.91. The van der Waals surface area contributed by atoms with Crippen molar-refractivity contribution in [3.05, 3.63) is 0 Å². The molecule has 0 amide bonds. The van der Waals surface area contributed by atoms with Crippen LogP contribution in [0.15, 0.2) is 0 Å². The van der Waals surface area contributed by atoms with Crippen LogP contribution in [0.1, 0.15) is 51.4 Å². The van der Waals surface area contributed by atoms with Crippen LogP contribution in [-0.4, -0.2) is 30.3 Å². The van der Waals surface area contributed by atoms with Gasteiger partial charge in [-0.15, -0.1) is 0 Å². The van der Waals surface area contributed by atoms with E-state index in [9.17, 15) is 5.11 Å². The standard InChI is InChI=1S/C14H28N2O/c15-9-11-5-1-3-7-13(11)16-10-12-6-2-4-8-14(12)17/h11-14,16-17H,1-10,15H2. The molecular formula is C14H28N2O. The molecule has 0 spiro atoms. The first-order valence-corrected chi connectivity index (χ1v) is 7.42. The predicted octanol–water partition coefficient (Wildman–Crippen LogP) is 1.64. The highest BCUT2D eigenvalue weighted by atomic mass is 16.3. The molecule has 0 heterocycles. The average Bonchev–Trinajstić information content (AvgIpc) is 2.38. The Morgan fingerprint density at radius 3 is 2.29 bits per heavy atom. The molecule has 4 N–H and O–H groups in total. The molecule has 0 aromatic rings. The Morgan fingerprint density at radius 1 is 0.941 bits per heavy atom. The van der Waals surface area contributed by atoms with Gasteiger partial charge >= 0.3 is 0 Å². The minimum Gasteiger partial charge on any atom is -0.393 e. The average molecular weight is 240 g/mol. The van der Waals surface area contributed by atoms with Gasteiger partial charge in [-0.05, 0) is 44.1 Å². The van der Waals surface area contributed by atoms with E-state index in [-0.39, 0.29) is 6.10 Å². The molecule has 4 atom stereocenters. The highest BCUT2D eigenvalue weighted by Gasteiger charge is 2.27. The van der Waals surface area contributed by atoms with Gasteiger partial charge in [-0.25, -0.2) is 0 Å². The van der Waals surface area contributed by atoms with Crippen molar-refractivity contribution in [2.45, 2.75) is 63.5 Å². The normalized spacial score (nSPS) is 39.2. The summed E-state index contributed by atoms with van der Waals surface area (Å²) in [5, 5.41) is 13.6. The van der Waals surface area contributed by atoms with E-state index in [0.29, 0.717) is 17.9 Å². The van der Waals surface area contributed by atoms with Crippen LogP contribution in [-0.2, 0) is 0 Å². The third-order valence-corrected chi connectivity index (χ3v) is 4.72. The third-order valence-electron chi connectivity index (χ3n) is 4.72. The van der Waals surface area contributed by atoms with Crippen molar-refractivity contribution < 1.29 is 5.11 Å². The molecule has 100 valence electrons. The van der Waals surface area contributed by atoms with E-state index in [4.69, 9.17) is 5.73 Å². The molecule has 3 nitrogen and oxygen atoms in total. The molecule has 0 aromatic carbocycles. The number of nitrogens with one attached hydrogen (secondary N) is 1. The van der Waals surface area contributed by atoms with E-state index < -0.39 is 0 Å². The fourth-order valence-electron chi connectivity index (χ4n) is 3.49. The van der Waals surface area contributed by atoms with Crippen LogP contribution >= 0.6 is 0 Å². The molecule has 2 aliphatic rings. The van der Waals surface area contributed by atoms with Gasteiger partial charge in [-0.2, -0.15) is 0 Å². The van der Waals surface area contributed by atoms with E-state index in [0.717, 1.165) is 19.5 Å². The van der Waals surface area contributed by atoms with Gasteiger partial charge in [0.15, 0.2) is 0 Å². The minimum absolute atomic E-state index is 0.0730. The van der Waals surface area contributed by atoms with Crippen LogP contribution < -0.4 is 11.1 Å². The molecule has 0 radical (unpaired) electrons. The summed E-state index contributed by atoms with van der Waals surface area (Å²) < 4.78 is 0. The predicted molar refractivity (Wildman–Crippen MR) is 70.8 cm³/mol. The lowest BCUT2D eigenvalue weighted by atomic mass is 9.83. The second kappa shape index (κ2) is 6.72. The topological polar surface area (TPSA) is 58.3 Å². The number of hydrogen-bond acceptors (Lipinski definition) is 3. The van der Waals surface area contributed by atoms with Crippen molar-refractivity contribution in [1.29, 1.82) is 0 Å². The van der Waals surface area contributed by atoms with Gasteiger partial charge in [0.05, 0.1) is 6.10 Å². The monoisotopic (exact) mass is 240 g/mol. The van der Waals surface area contributed by atoms with Gasteiger partial charge in [0.1, 0.15) is 0 Å². The van der Waals surface area contributed by atoms with Gasteiger partial charge in [-0.3, -0.25) is 0 Å². The van der Waals surface area contributed by atoms with Crippen molar-refractivity contribution in [1.82, 2.24) is 5.32 Å². The van der Waals surface area contributed by atoms with Crippen LogP contribution in [0.25, 0.3) is 0 Å². The van der Waals surface area contributed by atoms with Gasteiger partial charge in [0, 0.05) is 12.6 Å². The lowest BCUT2D eigenvalue weighted by molar-refractivity contribution is 0.0655. The van der Waals surface area contributed by atoms with Crippen LogP contribution in [0.3, 0.4) is 0 Å². The van der Waals surface area contributed by atoms with Crippen molar-refractivity contribution in [3.8, 4) is 0 Å². The number of nitrogens with two attached hydrogens (primary N) is 1. The summed E-state index contributed by atoms with van der Waals surface area (Å²) in [5.41, 5.74) is 5.84. The maximum Gasteiger partial charge on any atom is 0.0580 e. The van der Waals surface area contributed by atoms with E-state index in [2.05, 4.69) is 5.32 Å². The van der Waals surface area contributed by atoms with Crippen LogP contribution in [0, 0.1) is 11.8 Å². The van der Waals surface area contributed by atoms with Crippen molar-refractivity contribution >= 4 is 0 Å². The van der Waals surface area contributed by atoms with Gasteiger partial charge in [0.2, 0.25) is 0 Å². The largest absolute Gasteiger partial charge is 0.393 e.